The maximum absolute atomic E-state index is 12.3. The van der Waals surface area contributed by atoms with E-state index in [0.717, 1.165) is 41.5 Å². The fourth-order valence-electron chi connectivity index (χ4n) is 3.63. The van der Waals surface area contributed by atoms with Crippen LogP contribution in [0.2, 0.25) is 5.16 Å². The summed E-state index contributed by atoms with van der Waals surface area (Å²) in [7, 11) is -10.2. The standard InChI is InChI=1S/C22H38N8O12Si2/c1-13(31)37-43(38-14(2)32,39-15(3)33)19(44(40-16(4)34,41-17(5)35)42-18(6)36)7-10-25-20-28-21(26-11-8-23)30-22(29-20)27-12-9-24/h19H,7-12,23-24H2,1-6H3,(H3,25,26,27,28,29,30). The van der Waals surface area contributed by atoms with Crippen molar-refractivity contribution in [2.75, 3.05) is 48.7 Å². The highest BCUT2D eigenvalue weighted by Gasteiger charge is 2.77. The van der Waals surface area contributed by atoms with E-state index in [1.807, 2.05) is 0 Å². The van der Waals surface area contributed by atoms with Crippen LogP contribution in [0, 0.1) is 0 Å². The molecule has 0 unspecified atom stereocenters. The molecule has 0 aromatic carbocycles. The van der Waals surface area contributed by atoms with Gasteiger partial charge in [-0.2, -0.15) is 15.0 Å². The molecule has 0 saturated carbocycles. The predicted octanol–water partition coefficient (Wildman–Crippen LogP) is -1.42. The van der Waals surface area contributed by atoms with E-state index in [2.05, 4.69) is 30.9 Å². The molecule has 1 heterocycles. The van der Waals surface area contributed by atoms with Gasteiger partial charge in [0.1, 0.15) is 0 Å². The largest absolute Gasteiger partial charge is 0.716 e. The van der Waals surface area contributed by atoms with E-state index < -0.39 is 65.0 Å². The molecule has 0 aliphatic rings. The summed E-state index contributed by atoms with van der Waals surface area (Å²) in [6.45, 7) is 6.48. The third-order valence-electron chi connectivity index (χ3n) is 4.78. The van der Waals surface area contributed by atoms with Gasteiger partial charge in [0.05, 0.1) is 0 Å². The van der Waals surface area contributed by atoms with Crippen LogP contribution in [0.4, 0.5) is 17.8 Å². The maximum Gasteiger partial charge on any atom is 0.716 e. The molecule has 0 fully saturated rings. The molecule has 1 rings (SSSR count). The van der Waals surface area contributed by atoms with Crippen LogP contribution in [0.25, 0.3) is 0 Å². The minimum Gasteiger partial charge on any atom is -0.455 e. The van der Waals surface area contributed by atoms with Gasteiger partial charge in [0, 0.05) is 74.3 Å². The molecule has 0 bridgehead atoms. The molecule has 246 valence electrons. The average molecular weight is 663 g/mol. The van der Waals surface area contributed by atoms with E-state index in [1.165, 1.54) is 0 Å². The van der Waals surface area contributed by atoms with Crippen molar-refractivity contribution in [3.63, 3.8) is 0 Å². The van der Waals surface area contributed by atoms with Gasteiger partial charge in [0.15, 0.2) is 5.16 Å². The van der Waals surface area contributed by atoms with Crippen molar-refractivity contribution < 1.29 is 55.3 Å². The second-order valence-electron chi connectivity index (χ2n) is 8.77. The van der Waals surface area contributed by atoms with Crippen molar-refractivity contribution in [3.05, 3.63) is 0 Å². The normalized spacial score (nSPS) is 11.1. The molecule has 44 heavy (non-hydrogen) atoms. The molecule has 0 amide bonds. The Morgan fingerprint density at radius 3 is 1.02 bits per heavy atom. The zero-order valence-corrected chi connectivity index (χ0v) is 27.2. The monoisotopic (exact) mass is 662 g/mol. The minimum atomic E-state index is -5.11. The Labute approximate surface area is 255 Å². The summed E-state index contributed by atoms with van der Waals surface area (Å²) in [6.07, 6.45) is -0.442. The molecule has 0 saturated heterocycles. The molecular weight excluding hydrogens is 624 g/mol. The summed E-state index contributed by atoms with van der Waals surface area (Å²) in [5, 5.41) is 6.86. The first-order valence-corrected chi connectivity index (χ1v) is 16.7. The highest BCUT2D eigenvalue weighted by molar-refractivity contribution is 6.86. The molecular formula is C22H38N8O12Si2. The van der Waals surface area contributed by atoms with Crippen LogP contribution in [0.15, 0.2) is 0 Å². The van der Waals surface area contributed by atoms with Crippen molar-refractivity contribution >= 4 is 71.3 Å². The number of aromatic nitrogens is 3. The van der Waals surface area contributed by atoms with Crippen LogP contribution in [0.5, 0.6) is 0 Å². The van der Waals surface area contributed by atoms with Gasteiger partial charge in [-0.25, -0.2) is 0 Å². The molecule has 20 nitrogen and oxygen atoms in total. The molecule has 0 atom stereocenters. The second kappa shape index (κ2) is 17.6. The van der Waals surface area contributed by atoms with E-state index in [9.17, 15) is 28.8 Å². The van der Waals surface area contributed by atoms with Gasteiger partial charge in [0.25, 0.3) is 35.8 Å². The Hall–Kier alpha value is -4.42. The molecule has 1 aromatic heterocycles. The van der Waals surface area contributed by atoms with Gasteiger partial charge in [-0.3, -0.25) is 28.8 Å². The number of hydrogen-bond donors (Lipinski definition) is 5. The van der Waals surface area contributed by atoms with Crippen LogP contribution in [-0.4, -0.2) is 101 Å². The first-order chi connectivity index (χ1) is 20.6. The van der Waals surface area contributed by atoms with Crippen molar-refractivity contribution in [3.8, 4) is 0 Å². The molecule has 0 aliphatic heterocycles. The van der Waals surface area contributed by atoms with E-state index in [0.29, 0.717) is 13.1 Å². The van der Waals surface area contributed by atoms with Gasteiger partial charge >= 0.3 is 17.6 Å². The Balaban J connectivity index is 3.82. The predicted molar refractivity (Wildman–Crippen MR) is 154 cm³/mol. The summed E-state index contributed by atoms with van der Waals surface area (Å²) in [6, 6.07) is 0. The fourth-order valence-corrected chi connectivity index (χ4v) is 10.9. The summed E-state index contributed by atoms with van der Waals surface area (Å²) in [5.74, 6) is -6.26. The Morgan fingerprint density at radius 1 is 0.545 bits per heavy atom. The fraction of sp³-hybridized carbons (Fsp3) is 0.591. The molecule has 7 N–H and O–H groups in total. The van der Waals surface area contributed by atoms with Crippen molar-refractivity contribution in [1.29, 1.82) is 0 Å². The van der Waals surface area contributed by atoms with Crippen LogP contribution < -0.4 is 27.4 Å². The lowest BCUT2D eigenvalue weighted by atomic mass is 10.5. The van der Waals surface area contributed by atoms with Gasteiger partial charge in [-0.15, -0.1) is 0 Å². The van der Waals surface area contributed by atoms with E-state index in [1.54, 1.807) is 0 Å². The lowest BCUT2D eigenvalue weighted by Crippen LogP contribution is -2.66. The van der Waals surface area contributed by atoms with Crippen molar-refractivity contribution in [2.24, 2.45) is 11.5 Å². The summed E-state index contributed by atoms with van der Waals surface area (Å²) >= 11 is 0. The summed E-state index contributed by atoms with van der Waals surface area (Å²) < 4.78 is 32.2. The third kappa shape index (κ3) is 12.4. The average Bonchev–Trinajstić information content (AvgIpc) is 2.85. The second-order valence-corrected chi connectivity index (χ2v) is 14.4. The molecule has 0 aliphatic carbocycles. The number of nitrogens with one attached hydrogen (secondary N) is 3. The van der Waals surface area contributed by atoms with E-state index >= 15 is 0 Å². The number of anilines is 3. The molecule has 0 spiro atoms. The summed E-state index contributed by atoms with van der Waals surface area (Å²) in [5.41, 5.74) is 11.1. The maximum atomic E-state index is 12.3. The lowest BCUT2D eigenvalue weighted by molar-refractivity contribution is -0.148. The number of rotatable bonds is 18. The lowest BCUT2D eigenvalue weighted by Gasteiger charge is -2.38. The number of carbonyl (C=O) groups excluding carboxylic acids is 6. The SMILES string of the molecule is CC(=O)O[Si](OC(C)=O)(OC(C)=O)C(CCNc1nc(NCCN)nc(NCCN)n1)[Si](OC(C)=O)(OC(C)=O)OC(C)=O. The number of carbonyl (C=O) groups is 6. The number of nitrogens with two attached hydrogens (primary N) is 2. The quantitative estimate of drug-likeness (QED) is 0.113. The van der Waals surface area contributed by atoms with E-state index in [-0.39, 0.29) is 37.5 Å². The Bertz CT molecular complexity index is 1040. The smallest absolute Gasteiger partial charge is 0.455 e. The number of hydrogen-bond acceptors (Lipinski definition) is 20. The minimum absolute atomic E-state index is 0.0164. The molecule has 1 aromatic rings. The Morgan fingerprint density at radius 2 is 0.795 bits per heavy atom. The molecule has 0 radical (unpaired) electrons. The van der Waals surface area contributed by atoms with Crippen LogP contribution in [-0.2, 0) is 55.3 Å². The van der Waals surface area contributed by atoms with Gasteiger partial charge in [-0.05, 0) is 6.42 Å². The number of nitrogens with zero attached hydrogens (tertiary/aromatic N) is 3. The van der Waals surface area contributed by atoms with Gasteiger partial charge < -0.3 is 54.0 Å². The van der Waals surface area contributed by atoms with Crippen molar-refractivity contribution in [2.45, 2.75) is 53.1 Å². The zero-order chi connectivity index (χ0) is 33.5. The van der Waals surface area contributed by atoms with Crippen LogP contribution in [0.1, 0.15) is 48.0 Å². The van der Waals surface area contributed by atoms with Crippen LogP contribution >= 0.6 is 0 Å². The van der Waals surface area contributed by atoms with E-state index in [4.69, 9.17) is 38.0 Å². The van der Waals surface area contributed by atoms with Gasteiger partial charge in [0.2, 0.25) is 17.8 Å². The zero-order valence-electron chi connectivity index (χ0n) is 25.2. The molecule has 22 heteroatoms. The summed E-state index contributed by atoms with van der Waals surface area (Å²) in [4.78, 5) is 86.5. The third-order valence-corrected chi connectivity index (χ3v) is 12.6. The highest BCUT2D eigenvalue weighted by atomic mass is 28.5. The Kier molecular flexibility index (Phi) is 15.1. The van der Waals surface area contributed by atoms with Crippen molar-refractivity contribution in [1.82, 2.24) is 15.0 Å². The van der Waals surface area contributed by atoms with Crippen LogP contribution in [0.3, 0.4) is 0 Å². The topological polar surface area (TPSA) is 285 Å². The first-order valence-electron chi connectivity index (χ1n) is 13.1. The first kappa shape index (κ1) is 37.6. The highest BCUT2D eigenvalue weighted by Crippen LogP contribution is 2.40. The van der Waals surface area contributed by atoms with Gasteiger partial charge in [-0.1, -0.05) is 0 Å².